The lowest BCUT2D eigenvalue weighted by atomic mass is 9.79. The maximum atomic E-state index is 11.6. The van der Waals surface area contributed by atoms with Crippen molar-refractivity contribution in [1.82, 2.24) is 0 Å². The smallest absolute Gasteiger partial charge is 0.317 e. The van der Waals surface area contributed by atoms with E-state index in [-0.39, 0.29) is 16.9 Å². The summed E-state index contributed by atoms with van der Waals surface area (Å²) in [7, 11) is 0. The van der Waals surface area contributed by atoms with Gasteiger partial charge in [-0.05, 0) is 31.2 Å². The molecule has 0 bridgehead atoms. The first-order valence-electron chi connectivity index (χ1n) is 6.10. The molecule has 3 heteroatoms. The van der Waals surface area contributed by atoms with Crippen LogP contribution in [0.5, 0.6) is 0 Å². The minimum Gasteiger partial charge on any atom is -0.454 e. The highest BCUT2D eigenvalue weighted by Crippen LogP contribution is 2.40. The fourth-order valence-electron chi connectivity index (χ4n) is 2.56. The van der Waals surface area contributed by atoms with Gasteiger partial charge in [-0.2, -0.15) is 0 Å². The number of carbonyl (C=O) groups excluding carboxylic acids is 1. The van der Waals surface area contributed by atoms with Crippen LogP contribution in [-0.4, -0.2) is 11.3 Å². The van der Waals surface area contributed by atoms with Crippen molar-refractivity contribution in [3.63, 3.8) is 0 Å². The fraction of sp³-hybridized carbons (Fsp3) is 0.500. The van der Waals surface area contributed by atoms with E-state index in [1.165, 1.54) is 6.42 Å². The second-order valence-electron chi connectivity index (χ2n) is 4.53. The molecule has 0 amide bonds. The van der Waals surface area contributed by atoms with Crippen molar-refractivity contribution in [2.75, 3.05) is 5.33 Å². The highest BCUT2D eigenvalue weighted by molar-refractivity contribution is 9.09. The monoisotopic (exact) mass is 296 g/mol. The van der Waals surface area contributed by atoms with Crippen molar-refractivity contribution in [2.45, 2.75) is 37.7 Å². The molecule has 0 spiro atoms. The molecular weight excluding hydrogens is 280 g/mol. The molecule has 1 aromatic carbocycles. The number of esters is 1. The molecule has 0 unspecified atom stereocenters. The van der Waals surface area contributed by atoms with Crippen molar-refractivity contribution in [3.8, 4) is 0 Å². The Labute approximate surface area is 110 Å². The topological polar surface area (TPSA) is 26.3 Å². The number of benzene rings is 1. The lowest BCUT2D eigenvalue weighted by molar-refractivity contribution is -0.161. The Morgan fingerprint density at radius 3 is 2.41 bits per heavy atom. The van der Waals surface area contributed by atoms with Crippen LogP contribution >= 0.6 is 15.9 Å². The minimum absolute atomic E-state index is 0.171. The van der Waals surface area contributed by atoms with Gasteiger partial charge >= 0.3 is 5.97 Å². The van der Waals surface area contributed by atoms with Crippen LogP contribution in [0.1, 0.15) is 37.7 Å². The number of alkyl halides is 1. The van der Waals surface area contributed by atoms with Crippen LogP contribution in [-0.2, 0) is 15.1 Å². The molecule has 0 heterocycles. The van der Waals surface area contributed by atoms with Crippen molar-refractivity contribution in [3.05, 3.63) is 35.9 Å². The second-order valence-corrected chi connectivity index (χ2v) is 5.09. The van der Waals surface area contributed by atoms with Crippen LogP contribution in [0.25, 0.3) is 0 Å². The molecule has 2 nitrogen and oxygen atoms in total. The first-order chi connectivity index (χ1) is 8.27. The van der Waals surface area contributed by atoms with E-state index in [1.54, 1.807) is 0 Å². The van der Waals surface area contributed by atoms with Gasteiger partial charge < -0.3 is 4.74 Å². The van der Waals surface area contributed by atoms with Crippen LogP contribution in [0.4, 0.5) is 0 Å². The van der Waals surface area contributed by atoms with E-state index in [0.717, 1.165) is 31.2 Å². The van der Waals surface area contributed by atoms with Gasteiger partial charge in [0.05, 0.1) is 0 Å². The number of hydrogen-bond donors (Lipinski definition) is 0. The molecule has 0 aliphatic heterocycles. The molecule has 17 heavy (non-hydrogen) atoms. The number of ether oxygens (including phenoxy) is 1. The summed E-state index contributed by atoms with van der Waals surface area (Å²) in [6.07, 6.45) is 5.38. The SMILES string of the molecule is O=C(CBr)OC1(c2ccccc2)CCCCC1. The highest BCUT2D eigenvalue weighted by atomic mass is 79.9. The van der Waals surface area contributed by atoms with E-state index in [2.05, 4.69) is 28.1 Å². The van der Waals surface area contributed by atoms with E-state index in [1.807, 2.05) is 18.2 Å². The zero-order valence-electron chi connectivity index (χ0n) is 9.82. The molecule has 0 saturated heterocycles. The summed E-state index contributed by atoms with van der Waals surface area (Å²) in [5, 5.41) is 0.265. The lowest BCUT2D eigenvalue weighted by Gasteiger charge is -2.37. The summed E-state index contributed by atoms with van der Waals surface area (Å²) in [4.78, 5) is 11.6. The van der Waals surface area contributed by atoms with Gasteiger partial charge in [0.1, 0.15) is 10.9 Å². The van der Waals surface area contributed by atoms with Gasteiger partial charge in [0.25, 0.3) is 0 Å². The number of halogens is 1. The standard InChI is InChI=1S/C14H17BrO2/c15-11-13(16)17-14(9-5-2-6-10-14)12-7-3-1-4-8-12/h1,3-4,7-8H,2,5-6,9-11H2. The van der Waals surface area contributed by atoms with E-state index in [4.69, 9.17) is 4.74 Å². The molecule has 1 saturated carbocycles. The normalized spacial score (nSPS) is 18.6. The molecule has 2 rings (SSSR count). The van der Waals surface area contributed by atoms with Crippen molar-refractivity contribution < 1.29 is 9.53 Å². The number of rotatable bonds is 3. The van der Waals surface area contributed by atoms with E-state index < -0.39 is 0 Å². The Balaban J connectivity index is 2.26. The fourth-order valence-corrected chi connectivity index (χ4v) is 2.67. The zero-order chi connectivity index (χ0) is 12.1. The predicted octanol–water partition coefficient (Wildman–Crippen LogP) is 3.78. The Morgan fingerprint density at radius 1 is 1.18 bits per heavy atom. The maximum Gasteiger partial charge on any atom is 0.317 e. The summed E-state index contributed by atoms with van der Waals surface area (Å²) in [6, 6.07) is 10.1. The molecule has 0 N–H and O–H groups in total. The molecule has 1 aliphatic rings. The Morgan fingerprint density at radius 2 is 1.82 bits per heavy atom. The molecule has 92 valence electrons. The van der Waals surface area contributed by atoms with Crippen molar-refractivity contribution in [2.24, 2.45) is 0 Å². The molecule has 0 radical (unpaired) electrons. The van der Waals surface area contributed by atoms with Gasteiger partial charge in [-0.15, -0.1) is 0 Å². The van der Waals surface area contributed by atoms with Gasteiger partial charge in [-0.25, -0.2) is 0 Å². The third kappa shape index (κ3) is 2.89. The molecule has 1 fully saturated rings. The van der Waals surface area contributed by atoms with Gasteiger partial charge in [0.2, 0.25) is 0 Å². The first kappa shape index (κ1) is 12.6. The van der Waals surface area contributed by atoms with Crippen LogP contribution < -0.4 is 0 Å². The Bertz CT molecular complexity index is 369. The molecule has 0 aromatic heterocycles. The van der Waals surface area contributed by atoms with E-state index in [9.17, 15) is 4.79 Å². The molecule has 1 aliphatic carbocycles. The third-order valence-electron chi connectivity index (χ3n) is 3.38. The molecule has 0 atom stereocenters. The van der Waals surface area contributed by atoms with E-state index in [0.29, 0.717) is 0 Å². The van der Waals surface area contributed by atoms with Crippen LogP contribution in [0.15, 0.2) is 30.3 Å². The quantitative estimate of drug-likeness (QED) is 0.627. The summed E-state index contributed by atoms with van der Waals surface area (Å²) in [6.45, 7) is 0. The number of hydrogen-bond acceptors (Lipinski definition) is 2. The summed E-state index contributed by atoms with van der Waals surface area (Å²) < 4.78 is 5.73. The van der Waals surface area contributed by atoms with Gasteiger partial charge in [0, 0.05) is 0 Å². The summed E-state index contributed by atoms with van der Waals surface area (Å²) >= 11 is 3.16. The number of carbonyl (C=O) groups is 1. The summed E-state index contributed by atoms with van der Waals surface area (Å²) in [5.74, 6) is -0.171. The van der Waals surface area contributed by atoms with Crippen LogP contribution in [0.2, 0.25) is 0 Å². The average molecular weight is 297 g/mol. The minimum atomic E-state index is -0.385. The zero-order valence-corrected chi connectivity index (χ0v) is 11.4. The third-order valence-corrected chi connectivity index (χ3v) is 3.84. The Kier molecular flexibility index (Phi) is 4.21. The first-order valence-corrected chi connectivity index (χ1v) is 7.22. The maximum absolute atomic E-state index is 11.6. The van der Waals surface area contributed by atoms with E-state index >= 15 is 0 Å². The van der Waals surface area contributed by atoms with Crippen LogP contribution in [0, 0.1) is 0 Å². The second kappa shape index (κ2) is 5.67. The lowest BCUT2D eigenvalue weighted by Crippen LogP contribution is -2.35. The summed E-state index contributed by atoms with van der Waals surface area (Å²) in [5.41, 5.74) is 0.749. The molecular formula is C14H17BrO2. The Hall–Kier alpha value is -0.830. The van der Waals surface area contributed by atoms with Gasteiger partial charge in [0.15, 0.2) is 0 Å². The van der Waals surface area contributed by atoms with Crippen LogP contribution in [0.3, 0.4) is 0 Å². The van der Waals surface area contributed by atoms with Crippen molar-refractivity contribution >= 4 is 21.9 Å². The van der Waals surface area contributed by atoms with Crippen molar-refractivity contribution in [1.29, 1.82) is 0 Å². The predicted molar refractivity (Wildman–Crippen MR) is 71.1 cm³/mol. The van der Waals surface area contributed by atoms with Gasteiger partial charge in [-0.1, -0.05) is 52.7 Å². The highest BCUT2D eigenvalue weighted by Gasteiger charge is 2.37. The molecule has 1 aromatic rings. The van der Waals surface area contributed by atoms with Gasteiger partial charge in [-0.3, -0.25) is 4.79 Å². The average Bonchev–Trinajstić information content (AvgIpc) is 2.40. The largest absolute Gasteiger partial charge is 0.454 e.